The summed E-state index contributed by atoms with van der Waals surface area (Å²) in [6.07, 6.45) is 2.30. The average molecular weight is 222 g/mol. The van der Waals surface area contributed by atoms with E-state index in [1.54, 1.807) is 0 Å². The molecule has 0 bridgehead atoms. The lowest BCUT2D eigenvalue weighted by molar-refractivity contribution is 0.211. The van der Waals surface area contributed by atoms with Crippen LogP contribution in [-0.4, -0.2) is 22.2 Å². The van der Waals surface area contributed by atoms with E-state index in [1.165, 1.54) is 30.8 Å². The molecule has 0 saturated carbocycles. The van der Waals surface area contributed by atoms with Crippen LogP contribution < -0.4 is 4.74 Å². The number of aliphatic hydroxyl groups excluding tert-OH is 1. The van der Waals surface area contributed by atoms with Gasteiger partial charge < -0.3 is 9.84 Å². The highest BCUT2D eigenvalue weighted by Gasteiger charge is 2.18. The molecule has 15 heavy (non-hydrogen) atoms. The molecule has 0 aliphatic rings. The molecular weight excluding hydrogens is 212 g/mol. The molecular formula is C10H10N2O2S. The third-order valence-electron chi connectivity index (χ3n) is 1.96. The van der Waals surface area contributed by atoms with Gasteiger partial charge >= 0.3 is 0 Å². The van der Waals surface area contributed by atoms with Crippen molar-refractivity contribution in [1.82, 2.24) is 9.97 Å². The Hall–Kier alpha value is -1.46. The Labute approximate surface area is 91.2 Å². The topological polar surface area (TPSA) is 55.2 Å². The second kappa shape index (κ2) is 4.37. The van der Waals surface area contributed by atoms with Crippen LogP contribution in [0.2, 0.25) is 0 Å². The lowest BCUT2D eigenvalue weighted by Crippen LogP contribution is -2.04. The van der Waals surface area contributed by atoms with E-state index in [4.69, 9.17) is 4.74 Å². The molecule has 0 fully saturated rings. The standard InChI is InChI=1S/C10H10N2O2S/c1-14-10-8(11-4-5-12-10)9(13)7-3-2-6-15-7/h2-6,9,13H,1H3. The molecule has 0 aliphatic heterocycles. The second-order valence-electron chi connectivity index (χ2n) is 2.87. The zero-order valence-corrected chi connectivity index (χ0v) is 8.94. The van der Waals surface area contributed by atoms with Crippen molar-refractivity contribution >= 4 is 11.3 Å². The molecule has 4 nitrogen and oxygen atoms in total. The molecule has 2 heterocycles. The van der Waals surface area contributed by atoms with Crippen molar-refractivity contribution in [2.45, 2.75) is 6.10 Å². The number of hydrogen-bond donors (Lipinski definition) is 1. The minimum atomic E-state index is -0.770. The lowest BCUT2D eigenvalue weighted by atomic mass is 10.2. The fourth-order valence-electron chi connectivity index (χ4n) is 1.26. The van der Waals surface area contributed by atoms with Crippen molar-refractivity contribution in [1.29, 1.82) is 0 Å². The molecule has 5 heteroatoms. The van der Waals surface area contributed by atoms with Crippen LogP contribution in [0.15, 0.2) is 29.9 Å². The maximum Gasteiger partial charge on any atom is 0.238 e. The van der Waals surface area contributed by atoms with Gasteiger partial charge in [0.25, 0.3) is 0 Å². The van der Waals surface area contributed by atoms with E-state index in [0.29, 0.717) is 11.6 Å². The van der Waals surface area contributed by atoms with Crippen molar-refractivity contribution in [2.24, 2.45) is 0 Å². The van der Waals surface area contributed by atoms with E-state index in [2.05, 4.69) is 9.97 Å². The predicted molar refractivity (Wildman–Crippen MR) is 57.0 cm³/mol. The van der Waals surface area contributed by atoms with E-state index in [0.717, 1.165) is 4.88 Å². The summed E-state index contributed by atoms with van der Waals surface area (Å²) in [5.41, 5.74) is 0.447. The molecule has 1 atom stereocenters. The van der Waals surface area contributed by atoms with Gasteiger partial charge in [-0.1, -0.05) is 6.07 Å². The molecule has 0 amide bonds. The van der Waals surface area contributed by atoms with Crippen LogP contribution in [0.5, 0.6) is 5.88 Å². The number of thiophene rings is 1. The van der Waals surface area contributed by atoms with Crippen molar-refractivity contribution in [3.05, 3.63) is 40.5 Å². The molecule has 0 aromatic carbocycles. The summed E-state index contributed by atoms with van der Waals surface area (Å²) < 4.78 is 5.04. The fourth-order valence-corrected chi connectivity index (χ4v) is 1.97. The summed E-state index contributed by atoms with van der Waals surface area (Å²) in [5.74, 6) is 0.360. The SMILES string of the molecule is COc1nccnc1C(O)c1cccs1. The number of methoxy groups -OCH3 is 1. The fraction of sp³-hybridized carbons (Fsp3) is 0.200. The molecule has 1 N–H and O–H groups in total. The smallest absolute Gasteiger partial charge is 0.238 e. The number of aromatic nitrogens is 2. The van der Waals surface area contributed by atoms with Gasteiger partial charge in [-0.05, 0) is 11.4 Å². The number of hydrogen-bond acceptors (Lipinski definition) is 5. The molecule has 0 spiro atoms. The summed E-state index contributed by atoms with van der Waals surface area (Å²) >= 11 is 1.47. The van der Waals surface area contributed by atoms with Gasteiger partial charge in [-0.2, -0.15) is 0 Å². The van der Waals surface area contributed by atoms with E-state index in [-0.39, 0.29) is 0 Å². The zero-order valence-electron chi connectivity index (χ0n) is 8.12. The predicted octanol–water partition coefficient (Wildman–Crippen LogP) is 1.63. The highest BCUT2D eigenvalue weighted by Crippen LogP contribution is 2.28. The van der Waals surface area contributed by atoms with Crippen LogP contribution in [0.4, 0.5) is 0 Å². The van der Waals surface area contributed by atoms with Crippen molar-refractivity contribution in [3.63, 3.8) is 0 Å². The maximum atomic E-state index is 10.0. The van der Waals surface area contributed by atoms with Crippen molar-refractivity contribution in [3.8, 4) is 5.88 Å². The van der Waals surface area contributed by atoms with Crippen LogP contribution in [0, 0.1) is 0 Å². The first kappa shape index (κ1) is 10.1. The zero-order chi connectivity index (χ0) is 10.7. The van der Waals surface area contributed by atoms with Gasteiger partial charge in [-0.25, -0.2) is 4.98 Å². The number of aliphatic hydroxyl groups is 1. The Morgan fingerprint density at radius 2 is 2.20 bits per heavy atom. The van der Waals surface area contributed by atoms with Gasteiger partial charge in [0, 0.05) is 17.3 Å². The molecule has 2 aromatic heterocycles. The van der Waals surface area contributed by atoms with Gasteiger partial charge in [0.15, 0.2) is 0 Å². The highest BCUT2D eigenvalue weighted by atomic mass is 32.1. The van der Waals surface area contributed by atoms with Gasteiger partial charge in [0.2, 0.25) is 5.88 Å². The third kappa shape index (κ3) is 1.98. The molecule has 2 rings (SSSR count). The van der Waals surface area contributed by atoms with Crippen LogP contribution in [-0.2, 0) is 0 Å². The first-order valence-electron chi connectivity index (χ1n) is 4.39. The molecule has 0 saturated heterocycles. The van der Waals surface area contributed by atoms with Gasteiger partial charge in [-0.3, -0.25) is 4.98 Å². The molecule has 0 radical (unpaired) electrons. The minimum absolute atomic E-state index is 0.360. The van der Waals surface area contributed by atoms with Crippen LogP contribution >= 0.6 is 11.3 Å². The van der Waals surface area contributed by atoms with Gasteiger partial charge in [0.05, 0.1) is 7.11 Å². The first-order valence-corrected chi connectivity index (χ1v) is 5.27. The summed E-state index contributed by atoms with van der Waals surface area (Å²) in [7, 11) is 1.51. The average Bonchev–Trinajstić information content (AvgIpc) is 2.81. The van der Waals surface area contributed by atoms with Crippen molar-refractivity contribution < 1.29 is 9.84 Å². The van der Waals surface area contributed by atoms with Crippen LogP contribution in [0.25, 0.3) is 0 Å². The van der Waals surface area contributed by atoms with Crippen LogP contribution in [0.1, 0.15) is 16.7 Å². The van der Waals surface area contributed by atoms with Crippen molar-refractivity contribution in [2.75, 3.05) is 7.11 Å². The highest BCUT2D eigenvalue weighted by molar-refractivity contribution is 7.10. The number of rotatable bonds is 3. The van der Waals surface area contributed by atoms with Gasteiger partial charge in [0.1, 0.15) is 11.8 Å². The first-order chi connectivity index (χ1) is 7.33. The van der Waals surface area contributed by atoms with Gasteiger partial charge in [-0.15, -0.1) is 11.3 Å². The maximum absolute atomic E-state index is 10.0. The third-order valence-corrected chi connectivity index (χ3v) is 2.88. The van der Waals surface area contributed by atoms with Crippen LogP contribution in [0.3, 0.4) is 0 Å². The second-order valence-corrected chi connectivity index (χ2v) is 3.85. The van der Waals surface area contributed by atoms with E-state index in [9.17, 15) is 5.11 Å². The normalized spacial score (nSPS) is 12.4. The molecule has 1 unspecified atom stereocenters. The van der Waals surface area contributed by atoms with E-state index < -0.39 is 6.10 Å². The molecule has 2 aromatic rings. The minimum Gasteiger partial charge on any atom is -0.480 e. The Morgan fingerprint density at radius 1 is 1.40 bits per heavy atom. The van der Waals surface area contributed by atoms with E-state index >= 15 is 0 Å². The quantitative estimate of drug-likeness (QED) is 0.857. The monoisotopic (exact) mass is 222 g/mol. The Bertz CT molecular complexity index is 431. The lowest BCUT2D eigenvalue weighted by Gasteiger charge is -2.10. The summed E-state index contributed by atoms with van der Waals surface area (Å²) in [4.78, 5) is 8.89. The Balaban J connectivity index is 2.37. The Kier molecular flexibility index (Phi) is 2.94. The Morgan fingerprint density at radius 3 is 2.87 bits per heavy atom. The van der Waals surface area contributed by atoms with E-state index in [1.807, 2.05) is 17.5 Å². The summed E-state index contributed by atoms with van der Waals surface area (Å²) in [5, 5.41) is 11.9. The molecule has 78 valence electrons. The summed E-state index contributed by atoms with van der Waals surface area (Å²) in [6.45, 7) is 0. The summed E-state index contributed by atoms with van der Waals surface area (Å²) in [6, 6.07) is 3.73. The number of ether oxygens (including phenoxy) is 1. The molecule has 0 aliphatic carbocycles. The largest absolute Gasteiger partial charge is 0.480 e. The number of nitrogens with zero attached hydrogens (tertiary/aromatic N) is 2.